The molecule has 0 aromatic carbocycles. The van der Waals surface area contributed by atoms with Crippen molar-refractivity contribution >= 4 is 15.9 Å². The molecule has 1 aromatic rings. The average Bonchev–Trinajstić information content (AvgIpc) is 2.45. The molecule has 0 saturated carbocycles. The van der Waals surface area contributed by atoms with Gasteiger partial charge in [0.2, 0.25) is 0 Å². The van der Waals surface area contributed by atoms with Crippen molar-refractivity contribution < 1.29 is 8.78 Å². The summed E-state index contributed by atoms with van der Waals surface area (Å²) in [6, 6.07) is 1.84. The van der Waals surface area contributed by atoms with E-state index in [0.717, 1.165) is 4.68 Å². The van der Waals surface area contributed by atoms with Gasteiger partial charge in [0.05, 0.1) is 10.2 Å². The minimum absolute atomic E-state index is 0.126. The molecule has 0 unspecified atom stereocenters. The van der Waals surface area contributed by atoms with Crippen LogP contribution in [0, 0.1) is 11.3 Å². The smallest absolute Gasteiger partial charge is 0.257 e. The van der Waals surface area contributed by atoms with Gasteiger partial charge in [-0.3, -0.25) is 4.68 Å². The molecule has 0 aliphatic rings. The van der Waals surface area contributed by atoms with Gasteiger partial charge < -0.3 is 5.32 Å². The number of aromatic nitrogens is 2. The van der Waals surface area contributed by atoms with Gasteiger partial charge in [0.15, 0.2) is 5.69 Å². The Hall–Kier alpha value is -1.00. The number of hydrogen-bond donors (Lipinski definition) is 1. The first-order chi connectivity index (χ1) is 7.10. The maximum absolute atomic E-state index is 12.2. The SMILES string of the molecule is CNCc1c(Br)c(C#N)nn1CC(F)F. The van der Waals surface area contributed by atoms with Gasteiger partial charge in [-0.2, -0.15) is 10.4 Å². The second-order valence-electron chi connectivity index (χ2n) is 2.82. The van der Waals surface area contributed by atoms with E-state index in [1.165, 1.54) is 0 Å². The molecule has 1 rings (SSSR count). The van der Waals surface area contributed by atoms with Crippen LogP contribution in [0.5, 0.6) is 0 Å². The second-order valence-corrected chi connectivity index (χ2v) is 3.62. The third-order valence-electron chi connectivity index (χ3n) is 1.75. The number of halogens is 3. The van der Waals surface area contributed by atoms with E-state index < -0.39 is 13.0 Å². The Labute approximate surface area is 94.0 Å². The van der Waals surface area contributed by atoms with E-state index in [-0.39, 0.29) is 5.69 Å². The van der Waals surface area contributed by atoms with Crippen LogP contribution < -0.4 is 5.32 Å². The van der Waals surface area contributed by atoms with Crippen molar-refractivity contribution in [2.45, 2.75) is 19.5 Å². The molecule has 0 radical (unpaired) electrons. The molecule has 82 valence electrons. The third kappa shape index (κ3) is 2.73. The number of rotatable bonds is 4. The minimum atomic E-state index is -2.49. The lowest BCUT2D eigenvalue weighted by Gasteiger charge is -2.06. The minimum Gasteiger partial charge on any atom is -0.314 e. The predicted molar refractivity (Wildman–Crippen MR) is 53.4 cm³/mol. The Bertz CT molecular complexity index is 383. The summed E-state index contributed by atoms with van der Waals surface area (Å²) in [4.78, 5) is 0. The van der Waals surface area contributed by atoms with Gasteiger partial charge in [0.1, 0.15) is 12.6 Å². The van der Waals surface area contributed by atoms with Crippen LogP contribution >= 0.6 is 15.9 Å². The fraction of sp³-hybridized carbons (Fsp3) is 0.500. The summed E-state index contributed by atoms with van der Waals surface area (Å²) in [5.74, 6) is 0. The van der Waals surface area contributed by atoms with Crippen LogP contribution in [0.1, 0.15) is 11.4 Å². The third-order valence-corrected chi connectivity index (χ3v) is 2.59. The zero-order valence-electron chi connectivity index (χ0n) is 7.97. The molecule has 0 fully saturated rings. The number of nitrogens with one attached hydrogen (secondary N) is 1. The lowest BCUT2D eigenvalue weighted by molar-refractivity contribution is 0.120. The average molecular weight is 279 g/mol. The number of alkyl halides is 2. The quantitative estimate of drug-likeness (QED) is 0.908. The fourth-order valence-corrected chi connectivity index (χ4v) is 1.68. The normalized spacial score (nSPS) is 10.7. The molecule has 0 aliphatic heterocycles. The molecule has 1 N–H and O–H groups in total. The summed E-state index contributed by atoms with van der Waals surface area (Å²) in [5.41, 5.74) is 0.676. The number of hydrogen-bond acceptors (Lipinski definition) is 3. The van der Waals surface area contributed by atoms with Crippen molar-refractivity contribution in [2.24, 2.45) is 0 Å². The highest BCUT2D eigenvalue weighted by Crippen LogP contribution is 2.21. The molecule has 0 atom stereocenters. The monoisotopic (exact) mass is 278 g/mol. The van der Waals surface area contributed by atoms with Crippen LogP contribution in [-0.2, 0) is 13.1 Å². The number of nitriles is 1. The van der Waals surface area contributed by atoms with E-state index in [1.807, 2.05) is 6.07 Å². The van der Waals surface area contributed by atoms with Gasteiger partial charge in [-0.25, -0.2) is 8.78 Å². The molecule has 0 bridgehead atoms. The van der Waals surface area contributed by atoms with E-state index in [1.54, 1.807) is 7.05 Å². The van der Waals surface area contributed by atoms with Gasteiger partial charge >= 0.3 is 0 Å². The molecule has 0 spiro atoms. The molecular formula is C8H9BrF2N4. The summed E-state index contributed by atoms with van der Waals surface area (Å²) >= 11 is 3.16. The van der Waals surface area contributed by atoms with E-state index >= 15 is 0 Å². The van der Waals surface area contributed by atoms with Crippen molar-refractivity contribution in [2.75, 3.05) is 7.05 Å². The Kier molecular flexibility index (Phi) is 4.17. The van der Waals surface area contributed by atoms with Gasteiger partial charge in [-0.05, 0) is 23.0 Å². The van der Waals surface area contributed by atoms with Crippen molar-refractivity contribution in [3.05, 3.63) is 15.9 Å². The zero-order valence-corrected chi connectivity index (χ0v) is 9.55. The summed E-state index contributed by atoms with van der Waals surface area (Å²) in [7, 11) is 1.69. The molecule has 0 amide bonds. The van der Waals surface area contributed by atoms with Gasteiger partial charge in [0.25, 0.3) is 6.43 Å². The Morgan fingerprint density at radius 1 is 1.67 bits per heavy atom. The second kappa shape index (κ2) is 5.19. The van der Waals surface area contributed by atoms with E-state index in [0.29, 0.717) is 16.7 Å². The van der Waals surface area contributed by atoms with E-state index in [2.05, 4.69) is 26.3 Å². The van der Waals surface area contributed by atoms with Gasteiger partial charge in [-0.1, -0.05) is 0 Å². The summed E-state index contributed by atoms with van der Waals surface area (Å²) in [6.45, 7) is -0.126. The highest BCUT2D eigenvalue weighted by molar-refractivity contribution is 9.10. The number of nitrogens with zero attached hydrogens (tertiary/aromatic N) is 3. The molecule has 0 aliphatic carbocycles. The Balaban J connectivity index is 3.08. The van der Waals surface area contributed by atoms with Crippen LogP contribution in [0.2, 0.25) is 0 Å². The largest absolute Gasteiger partial charge is 0.314 e. The molecule has 1 heterocycles. The Morgan fingerprint density at radius 2 is 2.33 bits per heavy atom. The topological polar surface area (TPSA) is 53.6 Å². The maximum atomic E-state index is 12.2. The zero-order chi connectivity index (χ0) is 11.4. The van der Waals surface area contributed by atoms with Crippen LogP contribution in [0.25, 0.3) is 0 Å². The van der Waals surface area contributed by atoms with Gasteiger partial charge in [0, 0.05) is 6.54 Å². The maximum Gasteiger partial charge on any atom is 0.257 e. The van der Waals surface area contributed by atoms with Crippen LogP contribution in [0.15, 0.2) is 4.47 Å². The van der Waals surface area contributed by atoms with E-state index in [4.69, 9.17) is 5.26 Å². The van der Waals surface area contributed by atoms with Crippen molar-refractivity contribution in [3.8, 4) is 6.07 Å². The standard InChI is InChI=1S/C8H9BrF2N4/c1-13-3-6-8(9)5(2-12)14-15(6)4-7(10)11/h7,13H,3-4H2,1H3. The lowest BCUT2D eigenvalue weighted by Crippen LogP contribution is -2.16. The molecule has 4 nitrogen and oxygen atoms in total. The first-order valence-corrected chi connectivity index (χ1v) is 4.97. The lowest BCUT2D eigenvalue weighted by atomic mass is 10.3. The first-order valence-electron chi connectivity index (χ1n) is 4.18. The molecule has 1 aromatic heterocycles. The summed E-state index contributed by atoms with van der Waals surface area (Å²) in [5, 5.41) is 15.3. The van der Waals surface area contributed by atoms with Crippen LogP contribution in [0.3, 0.4) is 0 Å². The molecule has 7 heteroatoms. The fourth-order valence-electron chi connectivity index (χ4n) is 1.16. The predicted octanol–water partition coefficient (Wildman–Crippen LogP) is 1.50. The highest BCUT2D eigenvalue weighted by atomic mass is 79.9. The van der Waals surface area contributed by atoms with Crippen LogP contribution in [0.4, 0.5) is 8.78 Å². The Morgan fingerprint density at radius 3 is 2.80 bits per heavy atom. The van der Waals surface area contributed by atoms with Crippen LogP contribution in [-0.4, -0.2) is 23.3 Å². The summed E-state index contributed by atoms with van der Waals surface area (Å²) in [6.07, 6.45) is -2.49. The first kappa shape index (κ1) is 12.1. The van der Waals surface area contributed by atoms with Crippen molar-refractivity contribution in [1.29, 1.82) is 5.26 Å². The van der Waals surface area contributed by atoms with E-state index in [9.17, 15) is 8.78 Å². The van der Waals surface area contributed by atoms with Gasteiger partial charge in [-0.15, -0.1) is 0 Å². The molecule has 0 saturated heterocycles. The van der Waals surface area contributed by atoms with Crippen molar-refractivity contribution in [3.63, 3.8) is 0 Å². The van der Waals surface area contributed by atoms with Crippen molar-refractivity contribution in [1.82, 2.24) is 15.1 Å². The summed E-state index contributed by atoms with van der Waals surface area (Å²) < 4.78 is 26.0. The molecule has 15 heavy (non-hydrogen) atoms. The highest BCUT2D eigenvalue weighted by Gasteiger charge is 2.17. The molecular weight excluding hydrogens is 270 g/mol.